The first-order chi connectivity index (χ1) is 10.2. The Morgan fingerprint density at radius 3 is 2.52 bits per heavy atom. The lowest BCUT2D eigenvalue weighted by atomic mass is 9.77. The van der Waals surface area contributed by atoms with Gasteiger partial charge in [-0.05, 0) is 53.8 Å². The smallest absolute Gasteiger partial charge is 0.0553 e. The zero-order valence-electron chi connectivity index (χ0n) is 11.4. The zero-order valence-corrected chi connectivity index (χ0v) is 14.6. The zero-order chi connectivity index (χ0) is 14.4. The first-order valence-electron chi connectivity index (χ1n) is 7.20. The van der Waals surface area contributed by atoms with Crippen molar-refractivity contribution < 1.29 is 0 Å². The number of halogens is 2. The minimum atomic E-state index is 0.381. The lowest BCUT2D eigenvalue weighted by Crippen LogP contribution is -2.29. The van der Waals surface area contributed by atoms with Gasteiger partial charge in [-0.15, -0.1) is 0 Å². The van der Waals surface area contributed by atoms with E-state index in [1.54, 1.807) is 0 Å². The fourth-order valence-corrected chi connectivity index (χ4v) is 4.21. The van der Waals surface area contributed by atoms with Crippen molar-refractivity contribution in [3.63, 3.8) is 0 Å². The number of allylic oxidation sites excluding steroid dienone is 2. The normalized spacial score (nSPS) is 26.1. The van der Waals surface area contributed by atoms with E-state index in [1.807, 2.05) is 0 Å². The summed E-state index contributed by atoms with van der Waals surface area (Å²) in [4.78, 5) is 0. The second kappa shape index (κ2) is 5.29. The maximum absolute atomic E-state index is 3.76. The van der Waals surface area contributed by atoms with Crippen molar-refractivity contribution in [1.82, 2.24) is 0 Å². The van der Waals surface area contributed by atoms with E-state index < -0.39 is 0 Å². The largest absolute Gasteiger partial charge is 0.378 e. The summed E-state index contributed by atoms with van der Waals surface area (Å²) in [6, 6.07) is 15.6. The summed E-state index contributed by atoms with van der Waals surface area (Å²) < 4.78 is 2.29. The quantitative estimate of drug-likeness (QED) is 0.571. The van der Waals surface area contributed by atoms with E-state index in [0.717, 1.165) is 15.4 Å². The fourth-order valence-electron chi connectivity index (χ4n) is 3.57. The van der Waals surface area contributed by atoms with E-state index in [9.17, 15) is 0 Å². The molecule has 2 aromatic carbocycles. The molecule has 0 aromatic heterocycles. The van der Waals surface area contributed by atoms with Crippen LogP contribution in [0.3, 0.4) is 0 Å². The molecule has 3 unspecified atom stereocenters. The van der Waals surface area contributed by atoms with Gasteiger partial charge < -0.3 is 5.32 Å². The average molecular weight is 405 g/mol. The highest BCUT2D eigenvalue weighted by Gasteiger charge is 2.37. The number of nitrogens with one attached hydrogen (secondary N) is 1. The fraction of sp³-hybridized carbons (Fsp3) is 0.222. The molecule has 2 aliphatic rings. The van der Waals surface area contributed by atoms with Crippen LogP contribution in [0, 0.1) is 5.92 Å². The molecule has 1 nitrogen and oxygen atoms in total. The standard InChI is InChI=1S/C18H15Br2N/c19-12-6-4-11(5-7-12)18-15-3-1-2-14(15)16-10-13(20)8-9-17(16)21-18/h1-2,4-10,14-15,18,21H,3H2. The topological polar surface area (TPSA) is 12.0 Å². The van der Waals surface area contributed by atoms with Crippen LogP contribution in [0.1, 0.15) is 29.5 Å². The van der Waals surface area contributed by atoms with Crippen molar-refractivity contribution in [2.45, 2.75) is 18.4 Å². The summed E-state index contributed by atoms with van der Waals surface area (Å²) in [5, 5.41) is 3.76. The van der Waals surface area contributed by atoms with Crippen molar-refractivity contribution in [2.75, 3.05) is 5.32 Å². The maximum atomic E-state index is 3.76. The summed E-state index contributed by atoms with van der Waals surface area (Å²) in [7, 11) is 0. The molecule has 0 saturated heterocycles. The number of hydrogen-bond donors (Lipinski definition) is 1. The molecule has 1 aliphatic heterocycles. The lowest BCUT2D eigenvalue weighted by Gasteiger charge is -2.37. The van der Waals surface area contributed by atoms with Crippen LogP contribution in [0.25, 0.3) is 0 Å². The molecule has 0 radical (unpaired) electrons. The predicted molar refractivity (Wildman–Crippen MR) is 94.6 cm³/mol. The highest BCUT2D eigenvalue weighted by Crippen LogP contribution is 2.50. The predicted octanol–water partition coefficient (Wildman–Crippen LogP) is 6.04. The van der Waals surface area contributed by atoms with Gasteiger partial charge in [0.1, 0.15) is 0 Å². The van der Waals surface area contributed by atoms with Crippen LogP contribution in [-0.4, -0.2) is 0 Å². The summed E-state index contributed by atoms with van der Waals surface area (Å²) in [5.41, 5.74) is 4.04. The monoisotopic (exact) mass is 403 g/mol. The molecule has 1 aliphatic carbocycles. The SMILES string of the molecule is Brc1ccc(C2Nc3ccc(Br)cc3C3C=CCC32)cc1. The second-order valence-corrected chi connectivity index (χ2v) is 7.59. The van der Waals surface area contributed by atoms with Gasteiger partial charge in [-0.1, -0.05) is 56.1 Å². The first-order valence-corrected chi connectivity index (χ1v) is 8.79. The van der Waals surface area contributed by atoms with Gasteiger partial charge in [0.15, 0.2) is 0 Å². The molecule has 2 aromatic rings. The van der Waals surface area contributed by atoms with E-state index in [2.05, 4.69) is 91.8 Å². The Kier molecular flexibility index (Phi) is 3.43. The Morgan fingerprint density at radius 2 is 1.71 bits per heavy atom. The number of fused-ring (bicyclic) bond motifs is 3. The summed E-state index contributed by atoms with van der Waals surface area (Å²) >= 11 is 7.12. The van der Waals surface area contributed by atoms with Crippen molar-refractivity contribution in [1.29, 1.82) is 0 Å². The Bertz CT molecular complexity index is 706. The van der Waals surface area contributed by atoms with Crippen LogP contribution >= 0.6 is 31.9 Å². The maximum Gasteiger partial charge on any atom is 0.0553 e. The van der Waals surface area contributed by atoms with Crippen LogP contribution in [0.15, 0.2) is 63.6 Å². The third-order valence-corrected chi connectivity index (χ3v) is 5.58. The molecule has 1 N–H and O–H groups in total. The molecular weight excluding hydrogens is 390 g/mol. The van der Waals surface area contributed by atoms with Gasteiger partial charge in [-0.3, -0.25) is 0 Å². The Hall–Kier alpha value is -1.06. The third-order valence-electron chi connectivity index (χ3n) is 4.55. The molecule has 106 valence electrons. The summed E-state index contributed by atoms with van der Waals surface area (Å²) in [6.07, 6.45) is 5.85. The molecule has 3 heteroatoms. The summed E-state index contributed by atoms with van der Waals surface area (Å²) in [6.45, 7) is 0. The highest BCUT2D eigenvalue weighted by molar-refractivity contribution is 9.10. The van der Waals surface area contributed by atoms with Gasteiger partial charge in [0.05, 0.1) is 6.04 Å². The van der Waals surface area contributed by atoms with Crippen LogP contribution < -0.4 is 5.32 Å². The van der Waals surface area contributed by atoms with Crippen LogP contribution in [0.5, 0.6) is 0 Å². The Labute approximate surface area is 141 Å². The number of benzene rings is 2. The molecule has 4 rings (SSSR count). The van der Waals surface area contributed by atoms with Crippen molar-refractivity contribution in [3.8, 4) is 0 Å². The Balaban J connectivity index is 1.78. The molecule has 3 atom stereocenters. The third kappa shape index (κ3) is 2.36. The van der Waals surface area contributed by atoms with Gasteiger partial charge in [0.25, 0.3) is 0 Å². The molecular formula is C18H15Br2N. The number of anilines is 1. The molecule has 0 spiro atoms. The molecule has 0 bridgehead atoms. The molecule has 1 heterocycles. The van der Waals surface area contributed by atoms with Gasteiger partial charge >= 0.3 is 0 Å². The molecule has 21 heavy (non-hydrogen) atoms. The minimum Gasteiger partial charge on any atom is -0.378 e. The van der Waals surface area contributed by atoms with Crippen molar-refractivity contribution >= 4 is 37.5 Å². The van der Waals surface area contributed by atoms with E-state index in [1.165, 1.54) is 16.8 Å². The van der Waals surface area contributed by atoms with Crippen LogP contribution in [0.2, 0.25) is 0 Å². The minimum absolute atomic E-state index is 0.381. The van der Waals surface area contributed by atoms with Gasteiger partial charge in [-0.2, -0.15) is 0 Å². The van der Waals surface area contributed by atoms with E-state index in [-0.39, 0.29) is 0 Å². The van der Waals surface area contributed by atoms with Crippen LogP contribution in [0.4, 0.5) is 5.69 Å². The summed E-state index contributed by atoms with van der Waals surface area (Å²) in [5.74, 6) is 1.13. The molecule has 0 saturated carbocycles. The lowest BCUT2D eigenvalue weighted by molar-refractivity contribution is 0.425. The molecule has 0 amide bonds. The van der Waals surface area contributed by atoms with Gasteiger partial charge in [-0.25, -0.2) is 0 Å². The molecule has 0 fully saturated rings. The average Bonchev–Trinajstić information content (AvgIpc) is 2.97. The number of rotatable bonds is 1. The second-order valence-electron chi connectivity index (χ2n) is 5.76. The first kappa shape index (κ1) is 13.6. The van der Waals surface area contributed by atoms with E-state index in [4.69, 9.17) is 0 Å². The van der Waals surface area contributed by atoms with E-state index in [0.29, 0.717) is 17.9 Å². The Morgan fingerprint density at radius 1 is 0.952 bits per heavy atom. The van der Waals surface area contributed by atoms with E-state index >= 15 is 0 Å². The van der Waals surface area contributed by atoms with Crippen molar-refractivity contribution in [3.05, 3.63) is 74.7 Å². The van der Waals surface area contributed by atoms with Gasteiger partial charge in [0.2, 0.25) is 0 Å². The van der Waals surface area contributed by atoms with Crippen LogP contribution in [-0.2, 0) is 0 Å². The highest BCUT2D eigenvalue weighted by atomic mass is 79.9. The number of hydrogen-bond acceptors (Lipinski definition) is 1. The van der Waals surface area contributed by atoms with Gasteiger partial charge in [0, 0.05) is 20.6 Å². The van der Waals surface area contributed by atoms with Crippen molar-refractivity contribution in [2.24, 2.45) is 5.92 Å².